The predicted octanol–water partition coefficient (Wildman–Crippen LogP) is 0.607. The Balaban J connectivity index is 1.54. The molecule has 4 rings (SSSR count). The minimum Gasteiger partial charge on any atom is -0.497 e. The number of hydrogen-bond acceptors (Lipinski definition) is 7. The molecule has 10 nitrogen and oxygen atoms in total. The van der Waals surface area contributed by atoms with Crippen LogP contribution >= 0.6 is 0 Å². The average molecular weight is 387 g/mol. The highest BCUT2D eigenvalue weighted by Crippen LogP contribution is 2.51. The Morgan fingerprint density at radius 1 is 1.39 bits per heavy atom. The van der Waals surface area contributed by atoms with Crippen molar-refractivity contribution in [1.82, 2.24) is 20.3 Å². The number of alkyl carbamates (subject to hydrolysis) is 1. The summed E-state index contributed by atoms with van der Waals surface area (Å²) in [5.41, 5.74) is 7.08. The van der Waals surface area contributed by atoms with Crippen LogP contribution in [0.15, 0.2) is 24.3 Å². The van der Waals surface area contributed by atoms with Crippen molar-refractivity contribution in [3.63, 3.8) is 0 Å². The predicted molar refractivity (Wildman–Crippen MR) is 95.4 cm³/mol. The number of ether oxygens (including phenoxy) is 3. The van der Waals surface area contributed by atoms with Crippen LogP contribution in [0.3, 0.4) is 0 Å². The lowest BCUT2D eigenvalue weighted by Crippen LogP contribution is -2.35. The lowest BCUT2D eigenvalue weighted by molar-refractivity contribution is -0.117. The lowest BCUT2D eigenvalue weighted by Gasteiger charge is -2.26. The third-order valence-corrected chi connectivity index (χ3v) is 4.95. The zero-order valence-electron chi connectivity index (χ0n) is 15.4. The largest absolute Gasteiger partial charge is 0.497 e. The van der Waals surface area contributed by atoms with E-state index in [4.69, 9.17) is 19.9 Å². The van der Waals surface area contributed by atoms with E-state index in [9.17, 15) is 9.59 Å². The molecule has 148 valence electrons. The molecule has 1 aliphatic heterocycles. The number of methoxy groups -OCH3 is 1. The van der Waals surface area contributed by atoms with Gasteiger partial charge < -0.3 is 25.3 Å². The van der Waals surface area contributed by atoms with E-state index in [1.807, 2.05) is 24.3 Å². The number of amides is 2. The van der Waals surface area contributed by atoms with Crippen molar-refractivity contribution in [3.05, 3.63) is 41.2 Å². The number of nitrogens with one attached hydrogen (secondary N) is 1. The van der Waals surface area contributed by atoms with E-state index in [1.165, 1.54) is 0 Å². The molecule has 2 atom stereocenters. The van der Waals surface area contributed by atoms with Gasteiger partial charge in [0.25, 0.3) is 0 Å². The summed E-state index contributed by atoms with van der Waals surface area (Å²) in [4.78, 5) is 22.7. The normalized spacial score (nSPS) is 22.4. The Kier molecular flexibility index (Phi) is 4.63. The molecule has 10 heteroatoms. The van der Waals surface area contributed by atoms with E-state index in [2.05, 4.69) is 15.6 Å². The first-order valence-electron chi connectivity index (χ1n) is 8.94. The van der Waals surface area contributed by atoms with Gasteiger partial charge in [-0.2, -0.15) is 0 Å². The van der Waals surface area contributed by atoms with E-state index >= 15 is 0 Å². The minimum atomic E-state index is -0.716. The van der Waals surface area contributed by atoms with Crippen LogP contribution < -0.4 is 15.8 Å². The molecule has 2 heterocycles. The maximum Gasteiger partial charge on any atom is 0.408 e. The van der Waals surface area contributed by atoms with Gasteiger partial charge in [0.15, 0.2) is 0 Å². The van der Waals surface area contributed by atoms with Crippen molar-refractivity contribution in [2.24, 2.45) is 5.73 Å². The number of nitrogens with two attached hydrogens (primary N) is 1. The first kappa shape index (κ1) is 18.2. The van der Waals surface area contributed by atoms with Crippen molar-refractivity contribution in [2.75, 3.05) is 20.3 Å². The number of fused-ring (bicyclic) bond motifs is 2. The summed E-state index contributed by atoms with van der Waals surface area (Å²) < 4.78 is 18.1. The standard InChI is InChI=1S/C18H21N5O5/c1-26-12-4-2-11(3-5-12)9-23-16-15(21-22-23)13(6-7-18(16)10-27-18)28-17(25)20-8-14(19)24/h2-5,13H,6-10H2,1H3,(H2,19,24)(H,20,25)/t13-,18+/m1/s1. The molecule has 1 fully saturated rings. The van der Waals surface area contributed by atoms with Gasteiger partial charge in [-0.05, 0) is 30.5 Å². The molecular weight excluding hydrogens is 366 g/mol. The topological polar surface area (TPSA) is 134 Å². The number of benzene rings is 1. The Hall–Kier alpha value is -3.14. The number of aromatic nitrogens is 3. The molecule has 2 amide bonds. The van der Waals surface area contributed by atoms with Crippen molar-refractivity contribution in [3.8, 4) is 5.75 Å². The highest BCUT2D eigenvalue weighted by molar-refractivity contribution is 5.80. The molecule has 2 aromatic rings. The SMILES string of the molecule is COc1ccc(Cn2nnc3c2[C@]2(CC[C@H]3OC(=O)NCC(N)=O)CO2)cc1. The van der Waals surface area contributed by atoms with Crippen LogP contribution in [0.5, 0.6) is 5.75 Å². The van der Waals surface area contributed by atoms with Crippen molar-refractivity contribution in [2.45, 2.75) is 31.1 Å². The van der Waals surface area contributed by atoms with E-state index in [0.29, 0.717) is 31.7 Å². The molecular formula is C18H21N5O5. The molecule has 1 aromatic heterocycles. The van der Waals surface area contributed by atoms with Crippen LogP contribution in [-0.2, 0) is 26.4 Å². The fraction of sp³-hybridized carbons (Fsp3) is 0.444. The molecule has 0 unspecified atom stereocenters. The summed E-state index contributed by atoms with van der Waals surface area (Å²) >= 11 is 0. The summed E-state index contributed by atoms with van der Waals surface area (Å²) in [6.45, 7) is 0.824. The quantitative estimate of drug-likeness (QED) is 0.694. The van der Waals surface area contributed by atoms with Gasteiger partial charge in [-0.3, -0.25) is 4.79 Å². The Bertz CT molecular complexity index is 890. The second-order valence-corrected chi connectivity index (χ2v) is 6.86. The van der Waals surface area contributed by atoms with Crippen LogP contribution in [0.2, 0.25) is 0 Å². The van der Waals surface area contributed by atoms with Gasteiger partial charge in [-0.1, -0.05) is 17.3 Å². The third-order valence-electron chi connectivity index (χ3n) is 4.95. The number of primary amides is 1. The molecule has 0 bridgehead atoms. The fourth-order valence-electron chi connectivity index (χ4n) is 3.46. The first-order chi connectivity index (χ1) is 13.5. The third kappa shape index (κ3) is 3.50. The monoisotopic (exact) mass is 387 g/mol. The molecule has 0 saturated carbocycles. The molecule has 28 heavy (non-hydrogen) atoms. The summed E-state index contributed by atoms with van der Waals surface area (Å²) in [5.74, 6) is 0.138. The number of rotatable bonds is 6. The van der Waals surface area contributed by atoms with Crippen LogP contribution in [0.25, 0.3) is 0 Å². The summed E-state index contributed by atoms with van der Waals surface area (Å²) in [5, 5.41) is 10.9. The van der Waals surface area contributed by atoms with E-state index in [0.717, 1.165) is 17.0 Å². The number of epoxide rings is 1. The number of nitrogens with zero attached hydrogens (tertiary/aromatic N) is 3. The molecule has 1 aliphatic carbocycles. The van der Waals surface area contributed by atoms with E-state index in [1.54, 1.807) is 11.8 Å². The fourth-order valence-corrected chi connectivity index (χ4v) is 3.46. The Morgan fingerprint density at radius 3 is 2.79 bits per heavy atom. The van der Waals surface area contributed by atoms with Crippen LogP contribution in [0.4, 0.5) is 4.79 Å². The zero-order chi connectivity index (χ0) is 19.7. The number of carbonyl (C=O) groups is 2. The summed E-state index contributed by atoms with van der Waals surface area (Å²) in [6, 6.07) is 7.69. The molecule has 1 spiro atoms. The lowest BCUT2D eigenvalue weighted by atomic mass is 9.88. The summed E-state index contributed by atoms with van der Waals surface area (Å²) in [7, 11) is 1.62. The molecule has 1 saturated heterocycles. The maximum atomic E-state index is 11.9. The van der Waals surface area contributed by atoms with Crippen molar-refractivity contribution < 1.29 is 23.8 Å². The smallest absolute Gasteiger partial charge is 0.408 e. The second-order valence-electron chi connectivity index (χ2n) is 6.86. The van der Waals surface area contributed by atoms with Crippen LogP contribution in [0, 0.1) is 0 Å². The van der Waals surface area contributed by atoms with Crippen LogP contribution in [-0.4, -0.2) is 47.3 Å². The second kappa shape index (κ2) is 7.12. The van der Waals surface area contributed by atoms with Crippen molar-refractivity contribution in [1.29, 1.82) is 0 Å². The van der Waals surface area contributed by atoms with Gasteiger partial charge in [0, 0.05) is 0 Å². The van der Waals surface area contributed by atoms with Gasteiger partial charge in [-0.25, -0.2) is 9.48 Å². The maximum absolute atomic E-state index is 11.9. The number of hydrogen-bond donors (Lipinski definition) is 2. The Labute approximate surface area is 160 Å². The van der Waals surface area contributed by atoms with Crippen LogP contribution in [0.1, 0.15) is 35.9 Å². The van der Waals surface area contributed by atoms with E-state index < -0.39 is 23.7 Å². The highest BCUT2D eigenvalue weighted by atomic mass is 16.6. The van der Waals surface area contributed by atoms with Gasteiger partial charge in [0.2, 0.25) is 5.91 Å². The Morgan fingerprint density at radius 2 is 2.14 bits per heavy atom. The van der Waals surface area contributed by atoms with E-state index in [-0.39, 0.29) is 6.54 Å². The van der Waals surface area contributed by atoms with Gasteiger partial charge in [-0.15, -0.1) is 5.10 Å². The van der Waals surface area contributed by atoms with Crippen molar-refractivity contribution >= 4 is 12.0 Å². The van der Waals surface area contributed by atoms with Gasteiger partial charge in [0.05, 0.1) is 26.8 Å². The molecule has 0 radical (unpaired) electrons. The minimum absolute atomic E-state index is 0.282. The zero-order valence-corrected chi connectivity index (χ0v) is 15.4. The first-order valence-corrected chi connectivity index (χ1v) is 8.94. The van der Waals surface area contributed by atoms with Gasteiger partial charge >= 0.3 is 6.09 Å². The number of carbonyl (C=O) groups excluding carboxylic acids is 2. The molecule has 1 aromatic carbocycles. The average Bonchev–Trinajstić information content (AvgIpc) is 3.33. The summed E-state index contributed by atoms with van der Waals surface area (Å²) in [6.07, 6.45) is -0.00319. The molecule has 2 aliphatic rings. The van der Waals surface area contributed by atoms with Gasteiger partial charge in [0.1, 0.15) is 28.8 Å². The highest BCUT2D eigenvalue weighted by Gasteiger charge is 2.55. The molecule has 3 N–H and O–H groups in total.